The van der Waals surface area contributed by atoms with Gasteiger partial charge in [0, 0.05) is 31.2 Å². The normalized spacial score (nSPS) is 11.2. The van der Waals surface area contributed by atoms with Crippen LogP contribution < -0.4 is 5.32 Å². The Labute approximate surface area is 118 Å². The van der Waals surface area contributed by atoms with E-state index in [1.54, 1.807) is 6.08 Å². The van der Waals surface area contributed by atoms with E-state index in [-0.39, 0.29) is 5.91 Å². The number of carbonyl (C=O) groups excluding carboxylic acids is 1. The van der Waals surface area contributed by atoms with Crippen LogP contribution in [0.15, 0.2) is 40.8 Å². The third-order valence-electron chi connectivity index (χ3n) is 2.81. The Balaban J connectivity index is 1.81. The van der Waals surface area contributed by atoms with E-state index in [0.29, 0.717) is 25.5 Å². The minimum Gasteiger partial charge on any atom is -0.457 e. The summed E-state index contributed by atoms with van der Waals surface area (Å²) in [5.74, 6) is 0.553. The van der Waals surface area contributed by atoms with Gasteiger partial charge in [0.25, 0.3) is 0 Å². The minimum atomic E-state index is -0.123. The molecule has 0 aliphatic carbocycles. The van der Waals surface area contributed by atoms with Crippen molar-refractivity contribution in [2.45, 2.75) is 13.3 Å². The van der Waals surface area contributed by atoms with Gasteiger partial charge in [-0.2, -0.15) is 0 Å². The molecule has 2 aromatic rings. The number of carbonyl (C=O) groups is 1. The number of nitrogens with one attached hydrogen (secondary N) is 1. The summed E-state index contributed by atoms with van der Waals surface area (Å²) in [4.78, 5) is 11.6. The lowest BCUT2D eigenvalue weighted by molar-refractivity contribution is -0.116. The van der Waals surface area contributed by atoms with Crippen LogP contribution in [-0.4, -0.2) is 25.7 Å². The maximum atomic E-state index is 11.6. The molecule has 2 rings (SSSR count). The molecule has 20 heavy (non-hydrogen) atoms. The molecule has 0 aliphatic rings. The Hall–Kier alpha value is -2.07. The zero-order chi connectivity index (χ0) is 14.2. The average Bonchev–Trinajstić information content (AvgIpc) is 2.88. The molecule has 0 fully saturated rings. The van der Waals surface area contributed by atoms with Crippen LogP contribution in [0.25, 0.3) is 17.0 Å². The number of rotatable bonds is 7. The van der Waals surface area contributed by atoms with Crippen molar-refractivity contribution < 1.29 is 13.9 Å². The fraction of sp³-hybridized carbons (Fsp3) is 0.312. The quantitative estimate of drug-likeness (QED) is 0.623. The average molecular weight is 273 g/mol. The van der Waals surface area contributed by atoms with E-state index < -0.39 is 0 Å². The molecule has 0 saturated heterocycles. The predicted octanol–water partition coefficient (Wildman–Crippen LogP) is 2.99. The molecule has 1 amide bonds. The van der Waals surface area contributed by atoms with Crippen LogP contribution in [0.1, 0.15) is 19.1 Å². The first-order chi connectivity index (χ1) is 9.79. The summed E-state index contributed by atoms with van der Waals surface area (Å²) in [5.41, 5.74) is 0.823. The first kappa shape index (κ1) is 14.3. The highest BCUT2D eigenvalue weighted by atomic mass is 16.5. The van der Waals surface area contributed by atoms with E-state index in [4.69, 9.17) is 9.15 Å². The van der Waals surface area contributed by atoms with Gasteiger partial charge < -0.3 is 14.5 Å². The molecular weight excluding hydrogens is 254 g/mol. The van der Waals surface area contributed by atoms with Crippen molar-refractivity contribution in [3.63, 3.8) is 0 Å². The van der Waals surface area contributed by atoms with E-state index in [1.807, 2.05) is 37.3 Å². The highest BCUT2D eigenvalue weighted by molar-refractivity contribution is 5.92. The highest BCUT2D eigenvalue weighted by Crippen LogP contribution is 2.19. The third-order valence-corrected chi connectivity index (χ3v) is 2.81. The molecule has 1 aromatic carbocycles. The first-order valence-corrected chi connectivity index (χ1v) is 6.82. The van der Waals surface area contributed by atoms with Crippen LogP contribution >= 0.6 is 0 Å². The molecule has 0 saturated carbocycles. The summed E-state index contributed by atoms with van der Waals surface area (Å²) >= 11 is 0. The monoisotopic (exact) mass is 273 g/mol. The molecule has 1 aromatic heterocycles. The molecule has 1 heterocycles. The van der Waals surface area contributed by atoms with Gasteiger partial charge in [0.1, 0.15) is 11.3 Å². The summed E-state index contributed by atoms with van der Waals surface area (Å²) in [6.45, 7) is 3.95. The van der Waals surface area contributed by atoms with Crippen molar-refractivity contribution in [1.29, 1.82) is 0 Å². The van der Waals surface area contributed by atoms with Crippen molar-refractivity contribution in [3.05, 3.63) is 42.2 Å². The molecule has 0 atom stereocenters. The molecule has 4 heteroatoms. The van der Waals surface area contributed by atoms with Crippen molar-refractivity contribution in [2.24, 2.45) is 0 Å². The number of para-hydroxylation sites is 1. The number of fused-ring (bicyclic) bond motifs is 1. The van der Waals surface area contributed by atoms with E-state index in [2.05, 4.69) is 5.32 Å². The fourth-order valence-electron chi connectivity index (χ4n) is 1.83. The second kappa shape index (κ2) is 7.50. The summed E-state index contributed by atoms with van der Waals surface area (Å²) in [6.07, 6.45) is 3.98. The smallest absolute Gasteiger partial charge is 0.244 e. The number of furan rings is 1. The summed E-state index contributed by atoms with van der Waals surface area (Å²) in [5, 5.41) is 3.83. The van der Waals surface area contributed by atoms with Crippen LogP contribution in [0.4, 0.5) is 0 Å². The van der Waals surface area contributed by atoms with E-state index in [9.17, 15) is 4.79 Å². The minimum absolute atomic E-state index is 0.123. The van der Waals surface area contributed by atoms with Crippen LogP contribution in [-0.2, 0) is 9.53 Å². The zero-order valence-corrected chi connectivity index (χ0v) is 11.6. The fourth-order valence-corrected chi connectivity index (χ4v) is 1.83. The van der Waals surface area contributed by atoms with Crippen molar-refractivity contribution >= 4 is 23.0 Å². The van der Waals surface area contributed by atoms with E-state index in [0.717, 1.165) is 17.4 Å². The second-order valence-corrected chi connectivity index (χ2v) is 4.36. The van der Waals surface area contributed by atoms with Gasteiger partial charge in [-0.3, -0.25) is 4.79 Å². The standard InChI is InChI=1S/C16H19NO3/c1-2-19-11-5-10-17-16(18)9-8-14-12-13-6-3-4-7-15(13)20-14/h3-4,6-9,12H,2,5,10-11H2,1H3,(H,17,18)/b9-8+. The lowest BCUT2D eigenvalue weighted by Crippen LogP contribution is -2.23. The van der Waals surface area contributed by atoms with Crippen LogP contribution in [0.2, 0.25) is 0 Å². The van der Waals surface area contributed by atoms with E-state index >= 15 is 0 Å². The SMILES string of the molecule is CCOCCCNC(=O)/C=C/c1cc2ccccc2o1. The van der Waals surface area contributed by atoms with Crippen LogP contribution in [0.3, 0.4) is 0 Å². The zero-order valence-electron chi connectivity index (χ0n) is 11.6. The summed E-state index contributed by atoms with van der Waals surface area (Å²) in [7, 11) is 0. The summed E-state index contributed by atoms with van der Waals surface area (Å²) in [6, 6.07) is 9.67. The Morgan fingerprint density at radius 1 is 1.40 bits per heavy atom. The largest absolute Gasteiger partial charge is 0.457 e. The topological polar surface area (TPSA) is 51.5 Å². The van der Waals surface area contributed by atoms with Gasteiger partial charge >= 0.3 is 0 Å². The Kier molecular flexibility index (Phi) is 5.38. The Morgan fingerprint density at radius 2 is 2.25 bits per heavy atom. The highest BCUT2D eigenvalue weighted by Gasteiger charge is 2.00. The van der Waals surface area contributed by atoms with Gasteiger partial charge in [0.15, 0.2) is 0 Å². The van der Waals surface area contributed by atoms with Gasteiger partial charge in [-0.1, -0.05) is 18.2 Å². The molecule has 0 radical (unpaired) electrons. The summed E-state index contributed by atoms with van der Waals surface area (Å²) < 4.78 is 10.8. The maximum Gasteiger partial charge on any atom is 0.244 e. The number of ether oxygens (including phenoxy) is 1. The first-order valence-electron chi connectivity index (χ1n) is 6.82. The second-order valence-electron chi connectivity index (χ2n) is 4.36. The molecule has 1 N–H and O–H groups in total. The van der Waals surface area contributed by atoms with Gasteiger partial charge in [0.05, 0.1) is 0 Å². The van der Waals surface area contributed by atoms with Gasteiger partial charge in [-0.15, -0.1) is 0 Å². The third kappa shape index (κ3) is 4.24. The van der Waals surface area contributed by atoms with Crippen molar-refractivity contribution in [3.8, 4) is 0 Å². The number of hydrogen-bond donors (Lipinski definition) is 1. The molecular formula is C16H19NO3. The van der Waals surface area contributed by atoms with Crippen LogP contribution in [0.5, 0.6) is 0 Å². The van der Waals surface area contributed by atoms with Crippen molar-refractivity contribution in [2.75, 3.05) is 19.8 Å². The number of hydrogen-bond acceptors (Lipinski definition) is 3. The van der Waals surface area contributed by atoms with Gasteiger partial charge in [-0.25, -0.2) is 0 Å². The molecule has 0 unspecified atom stereocenters. The predicted molar refractivity (Wildman–Crippen MR) is 79.4 cm³/mol. The molecule has 0 bridgehead atoms. The number of benzene rings is 1. The Bertz CT molecular complexity index is 553. The molecule has 4 nitrogen and oxygen atoms in total. The lowest BCUT2D eigenvalue weighted by atomic mass is 10.2. The van der Waals surface area contributed by atoms with Gasteiger partial charge in [-0.05, 0) is 31.6 Å². The molecule has 106 valence electrons. The Morgan fingerprint density at radius 3 is 3.05 bits per heavy atom. The van der Waals surface area contributed by atoms with Gasteiger partial charge in [0.2, 0.25) is 5.91 Å². The lowest BCUT2D eigenvalue weighted by Gasteiger charge is -2.01. The van der Waals surface area contributed by atoms with Crippen LogP contribution in [0, 0.1) is 0 Å². The number of amides is 1. The molecule has 0 aliphatic heterocycles. The van der Waals surface area contributed by atoms with Crippen molar-refractivity contribution in [1.82, 2.24) is 5.32 Å². The molecule has 0 spiro atoms. The van der Waals surface area contributed by atoms with E-state index in [1.165, 1.54) is 6.08 Å². The maximum absolute atomic E-state index is 11.6.